The lowest BCUT2D eigenvalue weighted by Crippen LogP contribution is -2.40. The van der Waals surface area contributed by atoms with Gasteiger partial charge in [-0.1, -0.05) is 35.3 Å². The number of nitrogens with one attached hydrogen (secondary N) is 1. The first kappa shape index (κ1) is 15.3. The molecule has 1 heterocycles. The van der Waals surface area contributed by atoms with Crippen molar-refractivity contribution in [3.63, 3.8) is 0 Å². The number of primary amides is 1. The number of amides is 2. The highest BCUT2D eigenvalue weighted by Crippen LogP contribution is 2.24. The van der Waals surface area contributed by atoms with Gasteiger partial charge >= 0.3 is 6.03 Å². The van der Waals surface area contributed by atoms with Gasteiger partial charge < -0.3 is 5.73 Å². The van der Waals surface area contributed by atoms with Crippen molar-refractivity contribution in [2.45, 2.75) is 0 Å². The molecule has 3 aromatic rings. The summed E-state index contributed by atoms with van der Waals surface area (Å²) in [5, 5.41) is 1.78. The summed E-state index contributed by atoms with van der Waals surface area (Å²) in [6.45, 7) is 0. The lowest BCUT2D eigenvalue weighted by atomic mass is 10.3. The number of urea groups is 1. The van der Waals surface area contributed by atoms with Crippen molar-refractivity contribution in [2.24, 2.45) is 5.73 Å². The van der Waals surface area contributed by atoms with Gasteiger partial charge in [0.2, 0.25) is 0 Å². The van der Waals surface area contributed by atoms with Crippen molar-refractivity contribution < 1.29 is 4.79 Å². The first-order valence-electron chi connectivity index (χ1n) is 6.58. The van der Waals surface area contributed by atoms with Gasteiger partial charge in [0.15, 0.2) is 11.0 Å². The van der Waals surface area contributed by atoms with Crippen LogP contribution in [0.5, 0.6) is 0 Å². The molecule has 3 N–H and O–H groups in total. The zero-order chi connectivity index (χ0) is 16.4. The molecule has 3 rings (SSSR count). The van der Waals surface area contributed by atoms with Crippen LogP contribution in [0.2, 0.25) is 10.2 Å². The molecule has 0 aliphatic heterocycles. The summed E-state index contributed by atoms with van der Waals surface area (Å²) in [4.78, 5) is 20.3. The van der Waals surface area contributed by atoms with Crippen LogP contribution in [-0.2, 0) is 0 Å². The van der Waals surface area contributed by atoms with E-state index in [1.807, 2.05) is 12.1 Å². The molecule has 8 heteroatoms. The van der Waals surface area contributed by atoms with E-state index in [2.05, 4.69) is 15.4 Å². The number of carbonyl (C=O) groups excluding carboxylic acids is 1. The average molecular weight is 348 g/mol. The first-order valence-corrected chi connectivity index (χ1v) is 7.34. The largest absolute Gasteiger partial charge is 0.350 e. The van der Waals surface area contributed by atoms with E-state index in [1.165, 1.54) is 0 Å². The lowest BCUT2D eigenvalue weighted by Gasteiger charge is -2.22. The first-order chi connectivity index (χ1) is 11.0. The molecule has 2 aromatic carbocycles. The molecule has 0 aliphatic rings. The number of hydrazine groups is 1. The Hall–Kier alpha value is -2.57. The fourth-order valence-electron chi connectivity index (χ4n) is 1.99. The lowest BCUT2D eigenvalue weighted by molar-refractivity contribution is 0.255. The number of hydrogen-bond acceptors (Lipinski definition) is 4. The quantitative estimate of drug-likeness (QED) is 0.704. The van der Waals surface area contributed by atoms with Gasteiger partial charge in [0.25, 0.3) is 0 Å². The number of benzene rings is 2. The number of nitrogens with zero attached hydrogens (tertiary/aromatic N) is 3. The standard InChI is InChI=1S/C15H11Cl2N5O/c16-9-5-7-10(8-6-9)22(15(18)23)21-14-13(17)19-11-3-1-2-4-12(11)20-14/h1-8H,(H2,18,23)(H,20,21). The Morgan fingerprint density at radius 1 is 1.00 bits per heavy atom. The minimum Gasteiger partial charge on any atom is -0.350 e. The highest BCUT2D eigenvalue weighted by Gasteiger charge is 2.16. The Labute approximate surface area is 141 Å². The molecule has 0 bridgehead atoms. The molecule has 0 atom stereocenters. The van der Waals surface area contributed by atoms with Gasteiger partial charge in [0.1, 0.15) is 0 Å². The van der Waals surface area contributed by atoms with E-state index >= 15 is 0 Å². The number of hydrogen-bond donors (Lipinski definition) is 2. The molecule has 116 valence electrons. The van der Waals surface area contributed by atoms with Gasteiger partial charge in [-0.25, -0.2) is 19.8 Å². The normalized spacial score (nSPS) is 10.5. The topological polar surface area (TPSA) is 84.1 Å². The maximum absolute atomic E-state index is 11.7. The van der Waals surface area contributed by atoms with Crippen molar-refractivity contribution in [2.75, 3.05) is 10.4 Å². The second-order valence-electron chi connectivity index (χ2n) is 4.61. The second kappa shape index (κ2) is 6.28. The van der Waals surface area contributed by atoms with E-state index in [0.717, 1.165) is 5.01 Å². The van der Waals surface area contributed by atoms with Crippen LogP contribution in [0.25, 0.3) is 11.0 Å². The minimum atomic E-state index is -0.724. The predicted molar refractivity (Wildman–Crippen MR) is 91.7 cm³/mol. The van der Waals surface area contributed by atoms with Gasteiger partial charge in [-0.05, 0) is 36.4 Å². The molecular formula is C15H11Cl2N5O. The molecule has 0 saturated carbocycles. The van der Waals surface area contributed by atoms with Crippen molar-refractivity contribution in [3.05, 3.63) is 58.7 Å². The molecule has 0 fully saturated rings. The van der Waals surface area contributed by atoms with Crippen molar-refractivity contribution >= 4 is 51.8 Å². The number of para-hydroxylation sites is 2. The molecule has 0 unspecified atom stereocenters. The van der Waals surface area contributed by atoms with Gasteiger partial charge in [0.05, 0.1) is 16.7 Å². The number of carbonyl (C=O) groups is 1. The van der Waals surface area contributed by atoms with Crippen LogP contribution in [0.1, 0.15) is 0 Å². The van der Waals surface area contributed by atoms with Crippen LogP contribution in [0.3, 0.4) is 0 Å². The number of nitrogens with two attached hydrogens (primary N) is 1. The van der Waals surface area contributed by atoms with Crippen LogP contribution in [0.15, 0.2) is 48.5 Å². The fraction of sp³-hybridized carbons (Fsp3) is 0. The summed E-state index contributed by atoms with van der Waals surface area (Å²) < 4.78 is 0. The van der Waals surface area contributed by atoms with Gasteiger partial charge in [-0.15, -0.1) is 0 Å². The minimum absolute atomic E-state index is 0.129. The summed E-state index contributed by atoms with van der Waals surface area (Å²) in [5.74, 6) is 0.221. The maximum Gasteiger partial charge on any atom is 0.338 e. The zero-order valence-corrected chi connectivity index (χ0v) is 13.2. The third kappa shape index (κ3) is 3.28. The molecule has 6 nitrogen and oxygen atoms in total. The SMILES string of the molecule is NC(=O)N(Nc1nc2ccccc2nc1Cl)c1ccc(Cl)cc1. The Kier molecular flexibility index (Phi) is 4.18. The number of halogens is 2. The molecule has 0 radical (unpaired) electrons. The van der Waals surface area contributed by atoms with E-state index in [9.17, 15) is 4.79 Å². The van der Waals surface area contributed by atoms with Gasteiger partial charge in [-0.2, -0.15) is 0 Å². The zero-order valence-electron chi connectivity index (χ0n) is 11.7. The molecule has 0 aliphatic carbocycles. The van der Waals surface area contributed by atoms with E-state index in [-0.39, 0.29) is 11.0 Å². The Bertz CT molecular complexity index is 869. The van der Waals surface area contributed by atoms with Crippen molar-refractivity contribution in [3.8, 4) is 0 Å². The molecule has 1 aromatic heterocycles. The number of anilines is 2. The van der Waals surface area contributed by atoms with Crippen molar-refractivity contribution in [1.82, 2.24) is 9.97 Å². The maximum atomic E-state index is 11.7. The summed E-state index contributed by atoms with van der Waals surface area (Å²) in [6.07, 6.45) is 0. The smallest absolute Gasteiger partial charge is 0.338 e. The van der Waals surface area contributed by atoms with E-state index < -0.39 is 6.03 Å². The number of fused-ring (bicyclic) bond motifs is 1. The third-order valence-corrected chi connectivity index (χ3v) is 3.57. The monoisotopic (exact) mass is 347 g/mol. The Balaban J connectivity index is 1.98. The summed E-state index contributed by atoms with van der Waals surface area (Å²) in [5.41, 5.74) is 9.99. The van der Waals surface area contributed by atoms with Crippen LogP contribution in [0, 0.1) is 0 Å². The van der Waals surface area contributed by atoms with Gasteiger partial charge in [-0.3, -0.25) is 5.43 Å². The molecular weight excluding hydrogens is 337 g/mol. The van der Waals surface area contributed by atoms with Crippen LogP contribution in [0.4, 0.5) is 16.3 Å². The molecule has 23 heavy (non-hydrogen) atoms. The fourth-order valence-corrected chi connectivity index (χ4v) is 2.29. The summed E-state index contributed by atoms with van der Waals surface area (Å²) in [6, 6.07) is 13.1. The van der Waals surface area contributed by atoms with E-state index in [4.69, 9.17) is 28.9 Å². The predicted octanol–water partition coefficient (Wildman–Crippen LogP) is 3.85. The molecule has 0 saturated heterocycles. The second-order valence-corrected chi connectivity index (χ2v) is 5.41. The number of aromatic nitrogens is 2. The Morgan fingerprint density at radius 2 is 1.61 bits per heavy atom. The number of rotatable bonds is 3. The Morgan fingerprint density at radius 3 is 2.22 bits per heavy atom. The average Bonchev–Trinajstić information content (AvgIpc) is 2.53. The van der Waals surface area contributed by atoms with E-state index in [0.29, 0.717) is 21.7 Å². The summed E-state index contributed by atoms with van der Waals surface area (Å²) in [7, 11) is 0. The third-order valence-electron chi connectivity index (χ3n) is 3.05. The summed E-state index contributed by atoms with van der Waals surface area (Å²) >= 11 is 12.0. The van der Waals surface area contributed by atoms with Crippen LogP contribution >= 0.6 is 23.2 Å². The van der Waals surface area contributed by atoms with Crippen molar-refractivity contribution in [1.29, 1.82) is 0 Å². The van der Waals surface area contributed by atoms with E-state index in [1.54, 1.807) is 36.4 Å². The highest BCUT2D eigenvalue weighted by atomic mass is 35.5. The molecule has 0 spiro atoms. The van der Waals surface area contributed by atoms with Gasteiger partial charge in [0, 0.05) is 5.02 Å². The molecule has 2 amide bonds. The van der Waals surface area contributed by atoms with Crippen LogP contribution in [-0.4, -0.2) is 16.0 Å². The van der Waals surface area contributed by atoms with Crippen LogP contribution < -0.4 is 16.2 Å². The highest BCUT2D eigenvalue weighted by molar-refractivity contribution is 6.32.